The van der Waals surface area contributed by atoms with Crippen LogP contribution in [0.4, 0.5) is 5.82 Å². The van der Waals surface area contributed by atoms with Crippen LogP contribution in [0.5, 0.6) is 0 Å². The normalized spacial score (nSPS) is 19.7. The average Bonchev–Trinajstić information content (AvgIpc) is 3.11. The molecule has 1 aliphatic rings. The van der Waals surface area contributed by atoms with Crippen LogP contribution in [-0.2, 0) is 0 Å². The molecule has 4 aromatic heterocycles. The standard InChI is InChI=1S/C22H24N6O2/c1-12-7-16-8-18(30-22(16)15(4)24-12)17-9-21(29)28-19(25-17)5-6-20(26-28)27-10-13(2)23-14(3)11-27/h5-9,13-14,23H,10-11H2,1-4H3/t13-,14+. The van der Waals surface area contributed by atoms with Gasteiger partial charge in [-0.15, -0.1) is 5.10 Å². The smallest absolute Gasteiger partial charge is 0.275 e. The van der Waals surface area contributed by atoms with Crippen molar-refractivity contribution >= 4 is 22.4 Å². The zero-order chi connectivity index (χ0) is 21.0. The number of piperazine rings is 1. The van der Waals surface area contributed by atoms with Crippen LogP contribution in [0.3, 0.4) is 0 Å². The molecule has 0 aliphatic carbocycles. The van der Waals surface area contributed by atoms with Gasteiger partial charge in [0.15, 0.2) is 17.0 Å². The summed E-state index contributed by atoms with van der Waals surface area (Å²) in [5.41, 5.74) is 3.20. The number of aromatic nitrogens is 4. The molecule has 5 rings (SSSR count). The number of furan rings is 1. The summed E-state index contributed by atoms with van der Waals surface area (Å²) in [6, 6.07) is 9.82. The molecule has 30 heavy (non-hydrogen) atoms. The van der Waals surface area contributed by atoms with E-state index in [0.29, 0.717) is 34.8 Å². The maximum atomic E-state index is 12.8. The molecule has 154 valence electrons. The van der Waals surface area contributed by atoms with Crippen molar-refractivity contribution < 1.29 is 4.42 Å². The predicted molar refractivity (Wildman–Crippen MR) is 116 cm³/mol. The van der Waals surface area contributed by atoms with Gasteiger partial charge in [-0.05, 0) is 52.0 Å². The Kier molecular flexibility index (Phi) is 4.32. The van der Waals surface area contributed by atoms with Gasteiger partial charge in [-0.1, -0.05) is 0 Å². The van der Waals surface area contributed by atoms with Crippen molar-refractivity contribution in [2.45, 2.75) is 39.8 Å². The maximum absolute atomic E-state index is 12.8. The first-order valence-electron chi connectivity index (χ1n) is 10.2. The minimum Gasteiger partial charge on any atom is -0.453 e. The van der Waals surface area contributed by atoms with E-state index in [2.05, 4.69) is 39.1 Å². The van der Waals surface area contributed by atoms with Crippen molar-refractivity contribution in [3.63, 3.8) is 0 Å². The Morgan fingerprint density at radius 1 is 1.07 bits per heavy atom. The van der Waals surface area contributed by atoms with E-state index in [1.807, 2.05) is 38.1 Å². The zero-order valence-corrected chi connectivity index (χ0v) is 17.5. The van der Waals surface area contributed by atoms with E-state index in [1.165, 1.54) is 10.6 Å². The van der Waals surface area contributed by atoms with E-state index in [-0.39, 0.29) is 5.56 Å². The van der Waals surface area contributed by atoms with Gasteiger partial charge in [0.05, 0.1) is 5.69 Å². The molecule has 0 amide bonds. The van der Waals surface area contributed by atoms with Gasteiger partial charge < -0.3 is 14.6 Å². The van der Waals surface area contributed by atoms with Crippen molar-refractivity contribution in [2.24, 2.45) is 0 Å². The second kappa shape index (κ2) is 6.91. The second-order valence-corrected chi connectivity index (χ2v) is 8.19. The molecule has 1 aliphatic heterocycles. The molecule has 4 aromatic rings. The van der Waals surface area contributed by atoms with E-state index in [9.17, 15) is 4.79 Å². The first kappa shape index (κ1) is 18.7. The van der Waals surface area contributed by atoms with Crippen LogP contribution in [0.25, 0.3) is 28.1 Å². The van der Waals surface area contributed by atoms with Crippen molar-refractivity contribution in [1.82, 2.24) is 24.9 Å². The summed E-state index contributed by atoms with van der Waals surface area (Å²) >= 11 is 0. The molecule has 8 heteroatoms. The number of aryl methyl sites for hydroxylation is 2. The summed E-state index contributed by atoms with van der Waals surface area (Å²) in [5, 5.41) is 9.03. The van der Waals surface area contributed by atoms with Crippen molar-refractivity contribution in [3.05, 3.63) is 52.1 Å². The number of rotatable bonds is 2. The summed E-state index contributed by atoms with van der Waals surface area (Å²) in [7, 11) is 0. The van der Waals surface area contributed by atoms with Crippen LogP contribution in [0.1, 0.15) is 25.2 Å². The van der Waals surface area contributed by atoms with Crippen molar-refractivity contribution in [1.29, 1.82) is 0 Å². The molecule has 8 nitrogen and oxygen atoms in total. The lowest BCUT2D eigenvalue weighted by atomic mass is 10.1. The lowest BCUT2D eigenvalue weighted by molar-refractivity contribution is 0.404. The third-order valence-electron chi connectivity index (χ3n) is 5.44. The van der Waals surface area contributed by atoms with E-state index < -0.39 is 0 Å². The Hall–Kier alpha value is -3.26. The van der Waals surface area contributed by atoms with Crippen LogP contribution in [-0.4, -0.2) is 44.8 Å². The number of hydrogen-bond donors (Lipinski definition) is 1. The lowest BCUT2D eigenvalue weighted by Gasteiger charge is -2.36. The average molecular weight is 404 g/mol. The van der Waals surface area contributed by atoms with Gasteiger partial charge in [0.2, 0.25) is 0 Å². The predicted octanol–water partition coefficient (Wildman–Crippen LogP) is 2.70. The molecule has 2 atom stereocenters. The van der Waals surface area contributed by atoms with Gasteiger partial charge in [0.25, 0.3) is 5.56 Å². The molecule has 1 fully saturated rings. The van der Waals surface area contributed by atoms with Gasteiger partial charge in [-0.25, -0.2) is 4.98 Å². The van der Waals surface area contributed by atoms with E-state index in [0.717, 1.165) is 35.7 Å². The van der Waals surface area contributed by atoms with Gasteiger partial charge in [-0.3, -0.25) is 9.78 Å². The Bertz CT molecular complexity index is 1310. The Labute approximate surface area is 173 Å². The SMILES string of the molecule is Cc1cc2cc(-c3cc(=O)n4nc(N5C[C@@H](C)N[C@@H](C)C5)ccc4n3)oc2c(C)n1. The third kappa shape index (κ3) is 3.23. The Balaban J connectivity index is 1.56. The molecule has 1 N–H and O–H groups in total. The van der Waals surface area contributed by atoms with Crippen molar-refractivity contribution in [2.75, 3.05) is 18.0 Å². The third-order valence-corrected chi connectivity index (χ3v) is 5.44. The lowest BCUT2D eigenvalue weighted by Crippen LogP contribution is -2.54. The molecule has 1 saturated heterocycles. The second-order valence-electron chi connectivity index (χ2n) is 8.19. The number of nitrogens with zero attached hydrogens (tertiary/aromatic N) is 5. The molecule has 0 unspecified atom stereocenters. The van der Waals surface area contributed by atoms with Gasteiger partial charge in [-0.2, -0.15) is 4.52 Å². The Morgan fingerprint density at radius 3 is 2.60 bits per heavy atom. The zero-order valence-electron chi connectivity index (χ0n) is 17.5. The number of fused-ring (bicyclic) bond motifs is 2. The molecule has 0 aromatic carbocycles. The minimum absolute atomic E-state index is 0.237. The molecular formula is C22H24N6O2. The number of hydrogen-bond acceptors (Lipinski definition) is 7. The molecule has 0 bridgehead atoms. The summed E-state index contributed by atoms with van der Waals surface area (Å²) in [5.74, 6) is 1.33. The number of anilines is 1. The van der Waals surface area contributed by atoms with Crippen LogP contribution in [0.2, 0.25) is 0 Å². The maximum Gasteiger partial charge on any atom is 0.275 e. The minimum atomic E-state index is -0.237. The summed E-state index contributed by atoms with van der Waals surface area (Å²) in [6.07, 6.45) is 0. The van der Waals surface area contributed by atoms with Crippen molar-refractivity contribution in [3.8, 4) is 11.5 Å². The Morgan fingerprint density at radius 2 is 1.83 bits per heavy atom. The number of nitrogens with one attached hydrogen (secondary N) is 1. The van der Waals surface area contributed by atoms with Crippen LogP contribution in [0, 0.1) is 13.8 Å². The topological polar surface area (TPSA) is 88.6 Å². The molecule has 0 saturated carbocycles. The highest BCUT2D eigenvalue weighted by molar-refractivity contribution is 5.84. The van der Waals surface area contributed by atoms with E-state index >= 15 is 0 Å². The fourth-order valence-electron chi connectivity index (χ4n) is 4.29. The van der Waals surface area contributed by atoms with Crippen LogP contribution in [0.15, 0.2) is 39.5 Å². The first-order valence-corrected chi connectivity index (χ1v) is 10.2. The van der Waals surface area contributed by atoms with Crippen LogP contribution >= 0.6 is 0 Å². The first-order chi connectivity index (χ1) is 14.4. The fourth-order valence-corrected chi connectivity index (χ4v) is 4.29. The highest BCUT2D eigenvalue weighted by Gasteiger charge is 2.22. The van der Waals surface area contributed by atoms with Gasteiger partial charge >= 0.3 is 0 Å². The van der Waals surface area contributed by atoms with E-state index in [4.69, 9.17) is 4.42 Å². The molecule has 0 spiro atoms. The quantitative estimate of drug-likeness (QED) is 0.549. The highest BCUT2D eigenvalue weighted by Crippen LogP contribution is 2.28. The molecular weight excluding hydrogens is 380 g/mol. The largest absolute Gasteiger partial charge is 0.453 e. The van der Waals surface area contributed by atoms with Gasteiger partial charge in [0.1, 0.15) is 11.5 Å². The monoisotopic (exact) mass is 404 g/mol. The molecule has 5 heterocycles. The summed E-state index contributed by atoms with van der Waals surface area (Å²) in [6.45, 7) is 9.84. The fraction of sp³-hybridized carbons (Fsp3) is 0.364. The molecule has 0 radical (unpaired) electrons. The summed E-state index contributed by atoms with van der Waals surface area (Å²) in [4.78, 5) is 24.1. The number of pyridine rings is 1. The highest BCUT2D eigenvalue weighted by atomic mass is 16.3. The summed E-state index contributed by atoms with van der Waals surface area (Å²) < 4.78 is 7.33. The van der Waals surface area contributed by atoms with Gasteiger partial charge in [0, 0.05) is 42.3 Å². The van der Waals surface area contributed by atoms with E-state index in [1.54, 1.807) is 0 Å². The van der Waals surface area contributed by atoms with Crippen LogP contribution < -0.4 is 15.8 Å².